The van der Waals surface area contributed by atoms with E-state index in [1.807, 2.05) is 24.6 Å². The molecule has 4 heterocycles. The average molecular weight is 1130 g/mol. The number of hydrogen-bond donors (Lipinski definition) is 0. The number of anilines is 1. The molecule has 4 bridgehead atoms. The van der Waals surface area contributed by atoms with Crippen LogP contribution in [0.1, 0.15) is 81.5 Å². The normalized spacial score (nSPS) is 20.9. The summed E-state index contributed by atoms with van der Waals surface area (Å²) in [6.07, 6.45) is 12.1. The predicted molar refractivity (Wildman–Crippen MR) is 290 cm³/mol. The third kappa shape index (κ3) is 7.83. The first-order valence-electron chi connectivity index (χ1n) is 25.8. The second-order valence-corrected chi connectivity index (χ2v) is 22.0. The fourth-order valence-corrected chi connectivity index (χ4v) is 13.4. The van der Waals surface area contributed by atoms with E-state index in [0.717, 1.165) is 96.3 Å². The SMILES string of the molecule is CC(C)(C)c1ccnc(-n2c3[c-]c(Oc4[c-]c(C5=COC6=C(c7ccccc7)N(c7c(-c8ccccc8)cccc7-c7ccccc7)[CH-]N56)ccc4)ccc3c3cc(C45CC6CC(CC(C6)C4)C5)ccc32)c1.[Pt]. The molecule has 2 aliphatic heterocycles. The quantitative estimate of drug-likeness (QED) is 0.135. The Labute approximate surface area is 442 Å². The van der Waals surface area contributed by atoms with Gasteiger partial charge in [-0.05, 0) is 119 Å². The molecule has 4 saturated carbocycles. The minimum absolute atomic E-state index is 0. The zero-order chi connectivity index (χ0) is 48.1. The molecule has 6 aliphatic rings. The molecule has 4 fully saturated rings. The molecule has 0 N–H and O–H groups in total. The van der Waals surface area contributed by atoms with Crippen LogP contribution < -0.4 is 9.64 Å². The average Bonchev–Trinajstić information content (AvgIpc) is 4.09. The maximum Gasteiger partial charge on any atom is 0.184 e. The number of fused-ring (bicyclic) bond motifs is 4. The molecular weight excluding hydrogens is 1080 g/mol. The number of nitrogens with zero attached hydrogens (tertiary/aromatic N) is 4. The number of para-hydroxylation sites is 1. The zero-order valence-electron chi connectivity index (χ0n) is 41.3. The van der Waals surface area contributed by atoms with E-state index >= 15 is 0 Å². The van der Waals surface area contributed by atoms with Crippen molar-refractivity contribution in [1.29, 1.82) is 0 Å². The van der Waals surface area contributed by atoms with Gasteiger partial charge < -0.3 is 23.8 Å². The minimum Gasteiger partial charge on any atom is -0.503 e. The molecule has 0 unspecified atom stereocenters. The molecule has 364 valence electrons. The van der Waals surface area contributed by atoms with Crippen LogP contribution >= 0.6 is 0 Å². The number of ether oxygens (including phenoxy) is 2. The van der Waals surface area contributed by atoms with E-state index in [2.05, 4.69) is 212 Å². The van der Waals surface area contributed by atoms with Crippen LogP contribution in [0.4, 0.5) is 5.69 Å². The van der Waals surface area contributed by atoms with E-state index < -0.39 is 0 Å². The Balaban J connectivity index is 0.00000516. The predicted octanol–water partition coefficient (Wildman–Crippen LogP) is 16.3. The monoisotopic (exact) mass is 1130 g/mol. The molecule has 0 atom stereocenters. The molecule has 0 spiro atoms. The third-order valence-electron chi connectivity index (χ3n) is 16.3. The van der Waals surface area contributed by atoms with Crippen LogP contribution in [0.25, 0.3) is 61.3 Å². The van der Waals surface area contributed by atoms with Gasteiger partial charge in [-0.15, -0.1) is 41.3 Å². The van der Waals surface area contributed by atoms with Gasteiger partial charge in [-0.1, -0.05) is 154 Å². The van der Waals surface area contributed by atoms with Crippen LogP contribution in [0.5, 0.6) is 11.5 Å². The van der Waals surface area contributed by atoms with E-state index in [4.69, 9.17) is 14.5 Å². The first-order chi connectivity index (χ1) is 35.2. The van der Waals surface area contributed by atoms with Gasteiger partial charge in [-0.25, -0.2) is 4.98 Å². The van der Waals surface area contributed by atoms with Crippen molar-refractivity contribution in [3.8, 4) is 39.6 Å². The van der Waals surface area contributed by atoms with Gasteiger partial charge in [0.2, 0.25) is 0 Å². The smallest absolute Gasteiger partial charge is 0.184 e. The molecule has 4 aliphatic carbocycles. The summed E-state index contributed by atoms with van der Waals surface area (Å²) in [5, 5.41) is 2.41. The Bertz CT molecular complexity index is 3550. The summed E-state index contributed by atoms with van der Waals surface area (Å²) in [5.41, 5.74) is 14.3. The summed E-state index contributed by atoms with van der Waals surface area (Å²) in [6, 6.07) is 67.8. The number of rotatable bonds is 9. The van der Waals surface area contributed by atoms with Gasteiger partial charge in [-0.3, -0.25) is 0 Å². The molecule has 0 radical (unpaired) electrons. The van der Waals surface area contributed by atoms with Crippen molar-refractivity contribution >= 4 is 38.9 Å². The van der Waals surface area contributed by atoms with E-state index in [-0.39, 0.29) is 31.9 Å². The first-order valence-corrected chi connectivity index (χ1v) is 25.8. The van der Waals surface area contributed by atoms with Gasteiger partial charge in [0.15, 0.2) is 5.88 Å². The number of benzene rings is 7. The van der Waals surface area contributed by atoms with E-state index in [1.165, 1.54) is 55.0 Å². The van der Waals surface area contributed by atoms with Gasteiger partial charge in [0.1, 0.15) is 5.82 Å². The van der Waals surface area contributed by atoms with Crippen LogP contribution in [0.2, 0.25) is 0 Å². The summed E-state index contributed by atoms with van der Waals surface area (Å²) in [5.74, 6) is 5.44. The Hall–Kier alpha value is -7.14. The Kier molecular flexibility index (Phi) is 11.2. The molecule has 15 rings (SSSR count). The Morgan fingerprint density at radius 2 is 1.26 bits per heavy atom. The van der Waals surface area contributed by atoms with Gasteiger partial charge in [-0.2, -0.15) is 12.7 Å². The van der Waals surface area contributed by atoms with Crippen LogP contribution in [-0.2, 0) is 36.6 Å². The molecular formula is C66H55N4O2Pt-3. The maximum absolute atomic E-state index is 6.80. The number of aromatic nitrogens is 2. The molecule has 0 saturated heterocycles. The van der Waals surface area contributed by atoms with Crippen LogP contribution in [-0.4, -0.2) is 14.5 Å². The van der Waals surface area contributed by atoms with E-state index in [0.29, 0.717) is 11.5 Å². The molecule has 9 aromatic rings. The van der Waals surface area contributed by atoms with Crippen molar-refractivity contribution in [2.45, 2.75) is 70.1 Å². The van der Waals surface area contributed by atoms with Crippen molar-refractivity contribution in [1.82, 2.24) is 14.5 Å². The standard InChI is InChI=1S/C66H55N4O2.Pt/c1-65(2,3)50-29-30-67-61(36-50)70-58-28-25-51(66-38-43-31-44(39-66)33-45(32-43)40-66)35-57(58)56-27-26-53(37-59(56)70)72-52-22-13-21-49(34-52)60-41-71-64-62(48-19-11-6-12-20-48)69(42-68(60)64)63-54(46-15-7-4-8-16-46)23-14-24-55(63)47-17-9-5-10-18-47;/h4-30,35-36,41-45H,31-33,38-40H2,1-3H3;/q-3;. The van der Waals surface area contributed by atoms with Gasteiger partial charge in [0.05, 0.1) is 12.0 Å². The molecule has 73 heavy (non-hydrogen) atoms. The molecule has 7 aromatic carbocycles. The number of hydrogen-bond acceptors (Lipinski definition) is 5. The third-order valence-corrected chi connectivity index (χ3v) is 16.3. The Morgan fingerprint density at radius 3 is 1.92 bits per heavy atom. The van der Waals surface area contributed by atoms with Gasteiger partial charge >= 0.3 is 0 Å². The fourth-order valence-electron chi connectivity index (χ4n) is 13.4. The molecule has 0 amide bonds. The minimum atomic E-state index is -0.0384. The summed E-state index contributed by atoms with van der Waals surface area (Å²) in [4.78, 5) is 9.46. The van der Waals surface area contributed by atoms with Crippen molar-refractivity contribution in [3.05, 3.63) is 229 Å². The topological polar surface area (TPSA) is 42.8 Å². The van der Waals surface area contributed by atoms with Crippen molar-refractivity contribution in [3.63, 3.8) is 0 Å². The van der Waals surface area contributed by atoms with Crippen LogP contribution in [0.15, 0.2) is 188 Å². The number of pyridine rings is 1. The van der Waals surface area contributed by atoms with E-state index in [1.54, 1.807) is 0 Å². The van der Waals surface area contributed by atoms with Crippen molar-refractivity contribution in [2.75, 3.05) is 4.90 Å². The summed E-state index contributed by atoms with van der Waals surface area (Å²) >= 11 is 0. The van der Waals surface area contributed by atoms with Crippen LogP contribution in [0.3, 0.4) is 0 Å². The molecule has 7 heteroatoms. The first kappa shape index (κ1) is 45.7. The van der Waals surface area contributed by atoms with E-state index in [9.17, 15) is 0 Å². The summed E-state index contributed by atoms with van der Waals surface area (Å²) < 4.78 is 15.7. The van der Waals surface area contributed by atoms with Gasteiger partial charge in [0.25, 0.3) is 0 Å². The zero-order valence-corrected chi connectivity index (χ0v) is 43.6. The Morgan fingerprint density at radius 1 is 0.630 bits per heavy atom. The maximum atomic E-state index is 6.80. The van der Waals surface area contributed by atoms with Gasteiger partial charge in [0, 0.05) is 66.7 Å². The largest absolute Gasteiger partial charge is 0.503 e. The van der Waals surface area contributed by atoms with Crippen LogP contribution in [0, 0.1) is 36.6 Å². The second-order valence-electron chi connectivity index (χ2n) is 22.0. The summed E-state index contributed by atoms with van der Waals surface area (Å²) in [7, 11) is 0. The summed E-state index contributed by atoms with van der Waals surface area (Å²) in [6.45, 7) is 8.94. The molecule has 2 aromatic heterocycles. The fraction of sp³-hybridized carbons (Fsp3) is 0.212. The second kappa shape index (κ2) is 17.8. The van der Waals surface area contributed by atoms with Crippen molar-refractivity contribution < 1.29 is 30.5 Å². The molecule has 6 nitrogen and oxygen atoms in total. The van der Waals surface area contributed by atoms with Crippen molar-refractivity contribution in [2.24, 2.45) is 17.8 Å².